The van der Waals surface area contributed by atoms with E-state index in [9.17, 15) is 9.59 Å². The van der Waals surface area contributed by atoms with Crippen LogP contribution in [0.25, 0.3) is 9.53 Å². The zero-order valence-electron chi connectivity index (χ0n) is 20.7. The second-order valence-corrected chi connectivity index (χ2v) is 10.3. The Morgan fingerprint density at radius 3 is 2.00 bits per heavy atom. The molecule has 0 amide bonds. The van der Waals surface area contributed by atoms with Crippen molar-refractivity contribution in [3.8, 4) is 0 Å². The van der Waals surface area contributed by atoms with E-state index in [1.165, 1.54) is 22.7 Å². The molecule has 4 aromatic rings. The lowest BCUT2D eigenvalue weighted by Gasteiger charge is -2.00. The van der Waals surface area contributed by atoms with Gasteiger partial charge in [0.1, 0.15) is 9.71 Å². The molecule has 0 aliphatic rings. The molecule has 0 spiro atoms. The maximum absolute atomic E-state index is 12.1. The first-order valence-corrected chi connectivity index (χ1v) is 13.8. The van der Waals surface area contributed by atoms with Gasteiger partial charge in [-0.1, -0.05) is 38.0 Å². The third kappa shape index (κ3) is 7.43. The molecule has 0 N–H and O–H groups in total. The number of carbonyl (C=O) groups excluding carboxylic acids is 2. The number of hydrogen-bond acceptors (Lipinski definition) is 10. The number of ether oxygens (including phenoxy) is 1. The molecule has 2 heterocycles. The summed E-state index contributed by atoms with van der Waals surface area (Å²) in [5, 5.41) is 17.5. The molecule has 0 fully saturated rings. The SMILES string of the molecule is CCCCOC(=O)c1cc2sc(N=Nc3ccc(N=Nc4ccc(C(=O)CCCC)cc4)cc3)nc2s1. The summed E-state index contributed by atoms with van der Waals surface area (Å²) in [5.41, 5.74) is 2.72. The maximum atomic E-state index is 12.1. The van der Waals surface area contributed by atoms with Crippen LogP contribution in [-0.2, 0) is 4.74 Å². The number of aromatic nitrogens is 1. The third-order valence-corrected chi connectivity index (χ3v) is 7.36. The first-order chi connectivity index (χ1) is 18.1. The van der Waals surface area contributed by atoms with Crippen molar-refractivity contribution in [1.82, 2.24) is 4.98 Å². The number of nitrogens with zero attached hydrogens (tertiary/aromatic N) is 5. The fourth-order valence-corrected chi connectivity index (χ4v) is 5.17. The lowest BCUT2D eigenvalue weighted by molar-refractivity contribution is 0.0505. The number of fused-ring (bicyclic) bond motifs is 1. The molecule has 0 aliphatic carbocycles. The molecule has 190 valence electrons. The number of Topliss-reactive ketones (excluding diaryl/α,β-unsaturated/α-hetero) is 1. The van der Waals surface area contributed by atoms with Gasteiger partial charge in [-0.05, 0) is 67.4 Å². The Bertz CT molecular complexity index is 1370. The number of rotatable bonds is 12. The molecule has 10 heteroatoms. The van der Waals surface area contributed by atoms with Crippen molar-refractivity contribution in [1.29, 1.82) is 0 Å². The van der Waals surface area contributed by atoms with Gasteiger partial charge < -0.3 is 4.74 Å². The molecule has 2 aromatic carbocycles. The standard InChI is InChI=1S/C27H27N5O3S2/c1-3-5-7-22(33)18-8-10-19(11-9-18)29-30-20-12-14-21(15-13-20)31-32-27-28-25-23(37-27)17-24(36-25)26(34)35-16-6-4-2/h8-15,17H,3-7,16H2,1-2H3. The summed E-state index contributed by atoms with van der Waals surface area (Å²) in [5.74, 6) is -0.154. The molecule has 0 atom stereocenters. The molecule has 0 aliphatic heterocycles. The van der Waals surface area contributed by atoms with E-state index in [0.717, 1.165) is 35.2 Å². The van der Waals surface area contributed by atoms with Gasteiger partial charge in [0, 0.05) is 12.0 Å². The molecule has 4 rings (SSSR count). The number of hydrogen-bond donors (Lipinski definition) is 0. The van der Waals surface area contributed by atoms with Crippen LogP contribution in [0.3, 0.4) is 0 Å². The van der Waals surface area contributed by atoms with Crippen molar-refractivity contribution in [2.75, 3.05) is 6.61 Å². The lowest BCUT2D eigenvalue weighted by Crippen LogP contribution is -2.03. The van der Waals surface area contributed by atoms with Crippen molar-refractivity contribution in [2.24, 2.45) is 20.5 Å². The predicted molar refractivity (Wildman–Crippen MR) is 148 cm³/mol. The van der Waals surface area contributed by atoms with Crippen LogP contribution in [0.15, 0.2) is 75.1 Å². The average molecular weight is 534 g/mol. The summed E-state index contributed by atoms with van der Waals surface area (Å²) in [7, 11) is 0. The number of esters is 1. The van der Waals surface area contributed by atoms with E-state index >= 15 is 0 Å². The number of unbranched alkanes of at least 4 members (excludes halogenated alkanes) is 2. The van der Waals surface area contributed by atoms with Crippen LogP contribution in [0.1, 0.15) is 66.0 Å². The summed E-state index contributed by atoms with van der Waals surface area (Å²) >= 11 is 2.67. The van der Waals surface area contributed by atoms with Gasteiger partial charge in [-0.15, -0.1) is 21.6 Å². The minimum atomic E-state index is -0.307. The molecule has 2 aromatic heterocycles. The summed E-state index contributed by atoms with van der Waals surface area (Å²) in [6.45, 7) is 4.56. The van der Waals surface area contributed by atoms with Crippen LogP contribution >= 0.6 is 22.7 Å². The van der Waals surface area contributed by atoms with E-state index in [2.05, 4.69) is 39.3 Å². The minimum Gasteiger partial charge on any atom is -0.462 e. The van der Waals surface area contributed by atoms with Gasteiger partial charge in [-0.25, -0.2) is 9.78 Å². The van der Waals surface area contributed by atoms with Crippen molar-refractivity contribution >= 4 is 66.2 Å². The van der Waals surface area contributed by atoms with Crippen molar-refractivity contribution < 1.29 is 14.3 Å². The van der Waals surface area contributed by atoms with Crippen molar-refractivity contribution in [3.63, 3.8) is 0 Å². The molecule has 37 heavy (non-hydrogen) atoms. The number of thiazole rings is 1. The number of azo groups is 2. The maximum Gasteiger partial charge on any atom is 0.348 e. The molecule has 0 radical (unpaired) electrons. The topological polar surface area (TPSA) is 106 Å². The summed E-state index contributed by atoms with van der Waals surface area (Å²) in [6, 6.07) is 16.2. The Kier molecular flexibility index (Phi) is 9.34. The van der Waals surface area contributed by atoms with Gasteiger partial charge >= 0.3 is 5.97 Å². The normalized spacial score (nSPS) is 11.6. The van der Waals surface area contributed by atoms with E-state index in [4.69, 9.17) is 4.74 Å². The first kappa shape index (κ1) is 26.4. The molecule has 0 saturated carbocycles. The Labute approximate surface area is 223 Å². The van der Waals surface area contributed by atoms with E-state index < -0.39 is 0 Å². The van der Waals surface area contributed by atoms with Crippen LogP contribution in [0.2, 0.25) is 0 Å². The molecular weight excluding hydrogens is 506 g/mol. The van der Waals surface area contributed by atoms with Crippen molar-refractivity contribution in [3.05, 3.63) is 65.0 Å². The van der Waals surface area contributed by atoms with Gasteiger partial charge in [0.2, 0.25) is 5.13 Å². The second-order valence-electron chi connectivity index (χ2n) is 8.26. The van der Waals surface area contributed by atoms with E-state index in [0.29, 0.717) is 45.7 Å². The summed E-state index contributed by atoms with van der Waals surface area (Å²) < 4.78 is 6.14. The first-order valence-electron chi connectivity index (χ1n) is 12.2. The summed E-state index contributed by atoms with van der Waals surface area (Å²) in [6.07, 6.45) is 4.30. The zero-order valence-corrected chi connectivity index (χ0v) is 22.3. The Morgan fingerprint density at radius 1 is 0.811 bits per heavy atom. The highest BCUT2D eigenvalue weighted by molar-refractivity contribution is 7.29. The largest absolute Gasteiger partial charge is 0.462 e. The smallest absolute Gasteiger partial charge is 0.348 e. The fraction of sp³-hybridized carbons (Fsp3) is 0.296. The molecule has 8 nitrogen and oxygen atoms in total. The van der Waals surface area contributed by atoms with Crippen LogP contribution < -0.4 is 0 Å². The highest BCUT2D eigenvalue weighted by Gasteiger charge is 2.15. The highest BCUT2D eigenvalue weighted by Crippen LogP contribution is 2.35. The fourth-order valence-electron chi connectivity index (χ4n) is 3.25. The monoisotopic (exact) mass is 533 g/mol. The minimum absolute atomic E-state index is 0.153. The van der Waals surface area contributed by atoms with Crippen LogP contribution in [0, 0.1) is 0 Å². The van der Waals surface area contributed by atoms with Crippen LogP contribution in [0.5, 0.6) is 0 Å². The third-order valence-electron chi connectivity index (χ3n) is 5.34. The van der Waals surface area contributed by atoms with Crippen LogP contribution in [-0.4, -0.2) is 23.3 Å². The van der Waals surface area contributed by atoms with Gasteiger partial charge in [0.05, 0.1) is 28.4 Å². The van der Waals surface area contributed by atoms with Gasteiger partial charge in [0.25, 0.3) is 0 Å². The number of thiophene rings is 1. The molecular formula is C27H27N5O3S2. The Hall–Kier alpha value is -3.63. The quantitative estimate of drug-likeness (QED) is 0.0782. The van der Waals surface area contributed by atoms with E-state index in [-0.39, 0.29) is 11.8 Å². The van der Waals surface area contributed by atoms with Gasteiger partial charge in [-0.3, -0.25) is 4.79 Å². The summed E-state index contributed by atoms with van der Waals surface area (Å²) in [4.78, 5) is 29.9. The number of carbonyl (C=O) groups is 2. The number of benzene rings is 2. The molecule has 0 saturated heterocycles. The average Bonchev–Trinajstić information content (AvgIpc) is 3.50. The van der Waals surface area contributed by atoms with E-state index in [1.807, 2.05) is 0 Å². The van der Waals surface area contributed by atoms with Gasteiger partial charge in [-0.2, -0.15) is 10.2 Å². The zero-order chi connectivity index (χ0) is 26.0. The highest BCUT2D eigenvalue weighted by atomic mass is 32.1. The Morgan fingerprint density at radius 2 is 1.41 bits per heavy atom. The second kappa shape index (κ2) is 13.1. The number of ketones is 1. The van der Waals surface area contributed by atoms with Crippen molar-refractivity contribution in [2.45, 2.75) is 46.0 Å². The molecule has 0 unspecified atom stereocenters. The lowest BCUT2D eigenvalue weighted by atomic mass is 10.1. The predicted octanol–water partition coefficient (Wildman–Crippen LogP) is 9.52. The van der Waals surface area contributed by atoms with Crippen LogP contribution in [0.4, 0.5) is 22.2 Å². The Balaban J connectivity index is 1.33. The van der Waals surface area contributed by atoms with Gasteiger partial charge in [0.15, 0.2) is 5.78 Å². The molecule has 0 bridgehead atoms. The van der Waals surface area contributed by atoms with E-state index in [1.54, 1.807) is 54.6 Å².